The number of aryl methyl sites for hydroxylation is 1. The maximum absolute atomic E-state index is 12.4. The summed E-state index contributed by atoms with van der Waals surface area (Å²) in [5, 5.41) is 12.2. The second-order valence-corrected chi connectivity index (χ2v) is 10.5. The zero-order chi connectivity index (χ0) is 24.1. The van der Waals surface area contributed by atoms with Gasteiger partial charge >= 0.3 is 6.09 Å². The van der Waals surface area contributed by atoms with Gasteiger partial charge in [0.1, 0.15) is 17.0 Å². The summed E-state index contributed by atoms with van der Waals surface area (Å²) in [4.78, 5) is 18.7. The Morgan fingerprint density at radius 1 is 1.18 bits per heavy atom. The summed E-state index contributed by atoms with van der Waals surface area (Å²) in [6, 6.07) is 14.3. The summed E-state index contributed by atoms with van der Waals surface area (Å²) in [5.74, 6) is 0.727. The predicted octanol–water partition coefficient (Wildman–Crippen LogP) is 5.80. The summed E-state index contributed by atoms with van der Waals surface area (Å²) in [6.07, 6.45) is 2.76. The number of amides is 1. The van der Waals surface area contributed by atoms with Crippen molar-refractivity contribution in [3.8, 4) is 16.9 Å². The van der Waals surface area contributed by atoms with Crippen LogP contribution in [0.5, 0.6) is 5.75 Å². The van der Waals surface area contributed by atoms with Crippen LogP contribution in [0.3, 0.4) is 0 Å². The number of carbonyl (C=O) groups is 1. The van der Waals surface area contributed by atoms with Gasteiger partial charge in [-0.3, -0.25) is 4.98 Å². The van der Waals surface area contributed by atoms with Gasteiger partial charge < -0.3 is 19.5 Å². The molecule has 2 aliphatic heterocycles. The maximum Gasteiger partial charge on any atom is 0.410 e. The van der Waals surface area contributed by atoms with Crippen LogP contribution in [0.4, 0.5) is 4.79 Å². The first-order valence-corrected chi connectivity index (χ1v) is 12.0. The number of hydrogen-bond donors (Lipinski definition) is 1. The molecule has 178 valence electrons. The number of hydrogen-bond acceptors (Lipinski definition) is 5. The number of fused-ring (bicyclic) bond motifs is 2. The average Bonchev–Trinajstić information content (AvgIpc) is 2.79. The number of aliphatic hydroxyl groups is 1. The molecule has 2 aliphatic rings. The van der Waals surface area contributed by atoms with E-state index in [2.05, 4.69) is 36.2 Å². The third-order valence-corrected chi connectivity index (χ3v) is 6.93. The van der Waals surface area contributed by atoms with Crippen molar-refractivity contribution >= 4 is 17.0 Å². The highest BCUT2D eigenvalue weighted by molar-refractivity contribution is 5.88. The molecule has 1 N–H and O–H groups in total. The average molecular weight is 461 g/mol. The number of aliphatic hydroxyl groups excluding tert-OH is 1. The second kappa shape index (κ2) is 8.27. The first-order chi connectivity index (χ1) is 16.1. The van der Waals surface area contributed by atoms with Gasteiger partial charge in [0.05, 0.1) is 11.6 Å². The van der Waals surface area contributed by atoms with Crippen LogP contribution < -0.4 is 4.74 Å². The first kappa shape index (κ1) is 22.7. The molecule has 2 aromatic carbocycles. The van der Waals surface area contributed by atoms with Gasteiger partial charge in [-0.05, 0) is 62.6 Å². The highest BCUT2D eigenvalue weighted by Crippen LogP contribution is 2.46. The number of likely N-dealkylation sites (tertiary alicyclic amines) is 1. The minimum atomic E-state index is -0.615. The maximum atomic E-state index is 12.4. The molecule has 1 aromatic heterocycles. The Bertz CT molecular complexity index is 1240. The molecule has 1 fully saturated rings. The van der Waals surface area contributed by atoms with Crippen molar-refractivity contribution in [2.24, 2.45) is 0 Å². The van der Waals surface area contributed by atoms with Gasteiger partial charge in [0.2, 0.25) is 0 Å². The number of aromatic nitrogens is 1. The number of ether oxygens (including phenoxy) is 2. The summed E-state index contributed by atoms with van der Waals surface area (Å²) in [5.41, 5.74) is 4.10. The van der Waals surface area contributed by atoms with Crippen molar-refractivity contribution in [2.45, 2.75) is 64.3 Å². The van der Waals surface area contributed by atoms with Crippen molar-refractivity contribution in [3.63, 3.8) is 0 Å². The number of pyridine rings is 1. The van der Waals surface area contributed by atoms with E-state index in [-0.39, 0.29) is 6.09 Å². The normalized spacial score (nSPS) is 19.6. The number of rotatable bonds is 1. The second-order valence-electron chi connectivity index (χ2n) is 10.5. The Morgan fingerprint density at radius 2 is 1.94 bits per heavy atom. The quantitative estimate of drug-likeness (QED) is 0.497. The smallest absolute Gasteiger partial charge is 0.410 e. The van der Waals surface area contributed by atoms with Crippen LogP contribution in [-0.4, -0.2) is 45.4 Å². The Hall–Kier alpha value is -3.12. The highest BCUT2D eigenvalue weighted by Gasteiger charge is 2.44. The zero-order valence-corrected chi connectivity index (χ0v) is 20.3. The molecule has 0 saturated carbocycles. The Kier molecular flexibility index (Phi) is 5.52. The van der Waals surface area contributed by atoms with Gasteiger partial charge in [-0.15, -0.1) is 0 Å². The van der Waals surface area contributed by atoms with Crippen LogP contribution in [0, 0.1) is 6.92 Å². The third-order valence-electron chi connectivity index (χ3n) is 6.93. The lowest BCUT2D eigenvalue weighted by Crippen LogP contribution is -2.52. The van der Waals surface area contributed by atoms with Crippen molar-refractivity contribution < 1.29 is 19.4 Å². The molecule has 0 radical (unpaired) electrons. The van der Waals surface area contributed by atoms with E-state index in [1.54, 1.807) is 4.90 Å². The molecule has 1 saturated heterocycles. The molecular formula is C28H32N2O4. The lowest BCUT2D eigenvalue weighted by molar-refractivity contribution is -0.0569. The minimum absolute atomic E-state index is 0.288. The molecule has 6 heteroatoms. The largest absolute Gasteiger partial charge is 0.487 e. The van der Waals surface area contributed by atoms with Crippen LogP contribution in [-0.2, 0) is 4.74 Å². The molecule has 1 unspecified atom stereocenters. The topological polar surface area (TPSA) is 71.9 Å². The molecule has 5 rings (SSSR count). The van der Waals surface area contributed by atoms with E-state index in [0.717, 1.165) is 38.9 Å². The summed E-state index contributed by atoms with van der Waals surface area (Å²) in [6.45, 7) is 8.81. The molecule has 1 amide bonds. The fourth-order valence-corrected chi connectivity index (χ4v) is 5.14. The number of piperidine rings is 1. The summed E-state index contributed by atoms with van der Waals surface area (Å²) < 4.78 is 12.0. The van der Waals surface area contributed by atoms with E-state index in [0.29, 0.717) is 32.4 Å². The predicted molar refractivity (Wildman–Crippen MR) is 132 cm³/mol. The van der Waals surface area contributed by atoms with E-state index in [4.69, 9.17) is 9.47 Å². The van der Waals surface area contributed by atoms with Gasteiger partial charge in [0, 0.05) is 49.5 Å². The Balaban J connectivity index is 1.36. The monoisotopic (exact) mass is 460 g/mol. The SMILES string of the molecule is Cc1c(-c2ccc3c(c2)C(O)CC2(CCN(C(=O)OC(C)(C)C)CC2)O3)ccc2cccnc12. The Morgan fingerprint density at radius 3 is 2.68 bits per heavy atom. The van der Waals surface area contributed by atoms with Crippen LogP contribution in [0.15, 0.2) is 48.7 Å². The van der Waals surface area contributed by atoms with E-state index in [1.165, 1.54) is 0 Å². The minimum Gasteiger partial charge on any atom is -0.487 e. The van der Waals surface area contributed by atoms with Gasteiger partial charge in [-0.25, -0.2) is 4.79 Å². The van der Waals surface area contributed by atoms with E-state index >= 15 is 0 Å². The van der Waals surface area contributed by atoms with E-state index in [1.807, 2.05) is 45.2 Å². The molecule has 3 aromatic rings. The fraction of sp³-hybridized carbons (Fsp3) is 0.429. The lowest BCUT2D eigenvalue weighted by atomic mass is 9.81. The van der Waals surface area contributed by atoms with Crippen LogP contribution in [0.2, 0.25) is 0 Å². The number of nitrogens with zero attached hydrogens (tertiary/aromatic N) is 2. The Labute approximate surface area is 200 Å². The molecule has 0 bridgehead atoms. The van der Waals surface area contributed by atoms with Crippen molar-refractivity contribution in [2.75, 3.05) is 13.1 Å². The summed E-state index contributed by atoms with van der Waals surface area (Å²) >= 11 is 0. The molecule has 6 nitrogen and oxygen atoms in total. The molecule has 0 aliphatic carbocycles. The van der Waals surface area contributed by atoms with Crippen LogP contribution >= 0.6 is 0 Å². The standard InChI is InChI=1S/C28H32N2O4/c1-18-21(9-7-19-6-5-13-29-25(18)19)20-8-10-24-22(16-20)23(31)17-28(33-24)11-14-30(15-12-28)26(32)34-27(2,3)4/h5-10,13,16,23,31H,11-12,14-15,17H2,1-4H3. The molecule has 1 atom stereocenters. The summed E-state index contributed by atoms with van der Waals surface area (Å²) in [7, 11) is 0. The van der Waals surface area contributed by atoms with E-state index < -0.39 is 17.3 Å². The lowest BCUT2D eigenvalue weighted by Gasteiger charge is -2.46. The third kappa shape index (κ3) is 4.23. The molecular weight excluding hydrogens is 428 g/mol. The number of carbonyl (C=O) groups excluding carboxylic acids is 1. The van der Waals surface area contributed by atoms with Crippen LogP contribution in [0.1, 0.15) is 57.3 Å². The molecule has 1 spiro atoms. The highest BCUT2D eigenvalue weighted by atomic mass is 16.6. The van der Waals surface area contributed by atoms with Crippen molar-refractivity contribution in [3.05, 3.63) is 59.8 Å². The molecule has 3 heterocycles. The van der Waals surface area contributed by atoms with E-state index in [9.17, 15) is 9.90 Å². The molecule has 34 heavy (non-hydrogen) atoms. The van der Waals surface area contributed by atoms with Gasteiger partial charge in [0.25, 0.3) is 0 Å². The zero-order valence-electron chi connectivity index (χ0n) is 20.3. The van der Waals surface area contributed by atoms with Gasteiger partial charge in [-0.1, -0.05) is 24.3 Å². The van der Waals surface area contributed by atoms with Gasteiger partial charge in [0.15, 0.2) is 0 Å². The van der Waals surface area contributed by atoms with Gasteiger partial charge in [-0.2, -0.15) is 0 Å². The van der Waals surface area contributed by atoms with Crippen molar-refractivity contribution in [1.29, 1.82) is 0 Å². The number of benzene rings is 2. The first-order valence-electron chi connectivity index (χ1n) is 12.0. The van der Waals surface area contributed by atoms with Crippen LogP contribution in [0.25, 0.3) is 22.0 Å². The van der Waals surface area contributed by atoms with Crippen molar-refractivity contribution in [1.82, 2.24) is 9.88 Å². The fourth-order valence-electron chi connectivity index (χ4n) is 5.14.